The van der Waals surface area contributed by atoms with Crippen LogP contribution in [0.15, 0.2) is 71.5 Å². The number of likely N-dealkylation sites (tertiary alicyclic amines) is 1. The van der Waals surface area contributed by atoms with E-state index in [1.54, 1.807) is 6.26 Å². The van der Waals surface area contributed by atoms with Crippen LogP contribution in [0.2, 0.25) is 0 Å². The number of hydrogen-bond acceptors (Lipinski definition) is 5. The lowest BCUT2D eigenvalue weighted by molar-refractivity contribution is -0.132. The fraction of sp³-hybridized carbons (Fsp3) is 0.292. The zero-order chi connectivity index (χ0) is 21.0. The van der Waals surface area contributed by atoms with Crippen molar-refractivity contribution in [2.24, 2.45) is 0 Å². The quantitative estimate of drug-likeness (QED) is 0.517. The molecule has 4 heterocycles. The molecule has 0 radical (unpaired) electrons. The van der Waals surface area contributed by atoms with Crippen molar-refractivity contribution in [2.75, 3.05) is 18.4 Å². The lowest BCUT2D eigenvalue weighted by Crippen LogP contribution is -2.40. The number of aromatic nitrogens is 3. The third kappa shape index (κ3) is 4.45. The van der Waals surface area contributed by atoms with Gasteiger partial charge in [-0.05, 0) is 42.7 Å². The van der Waals surface area contributed by atoms with E-state index in [0.717, 1.165) is 43.1 Å². The Balaban J connectivity index is 1.26. The molecule has 0 spiro atoms. The molecule has 1 saturated heterocycles. The number of nitrogens with one attached hydrogen (secondary N) is 1. The molecule has 1 unspecified atom stereocenters. The maximum absolute atomic E-state index is 12.7. The zero-order valence-electron chi connectivity index (χ0n) is 17.3. The Kier molecular flexibility index (Phi) is 5.39. The van der Waals surface area contributed by atoms with Crippen molar-refractivity contribution in [2.45, 2.75) is 31.7 Å². The number of anilines is 1. The van der Waals surface area contributed by atoms with Gasteiger partial charge < -0.3 is 14.6 Å². The van der Waals surface area contributed by atoms with Crippen molar-refractivity contribution in [1.82, 2.24) is 19.5 Å². The molecule has 5 rings (SSSR count). The number of pyridine rings is 1. The minimum Gasteiger partial charge on any atom is -0.469 e. The van der Waals surface area contributed by atoms with Crippen LogP contribution in [0.5, 0.6) is 0 Å². The second kappa shape index (κ2) is 8.63. The number of rotatable bonds is 6. The molecule has 1 aromatic carbocycles. The molecule has 31 heavy (non-hydrogen) atoms. The van der Waals surface area contributed by atoms with Gasteiger partial charge in [-0.2, -0.15) is 5.10 Å². The summed E-state index contributed by atoms with van der Waals surface area (Å²) >= 11 is 0. The van der Waals surface area contributed by atoms with Crippen LogP contribution in [0.25, 0.3) is 5.65 Å². The molecule has 1 amide bonds. The SMILES string of the molecule is O=C(Cc1ccco1)N1CCCC(c2nc3ccc(NCc4ccccc4)cn3n2)C1. The van der Waals surface area contributed by atoms with E-state index >= 15 is 0 Å². The highest BCUT2D eigenvalue weighted by atomic mass is 16.3. The number of fused-ring (bicyclic) bond motifs is 1. The minimum atomic E-state index is 0.0933. The lowest BCUT2D eigenvalue weighted by atomic mass is 9.97. The standard InChI is InChI=1S/C24H25N5O2/c30-23(14-21-9-5-13-31-21)28-12-4-8-19(16-28)24-26-22-11-10-20(17-29(22)27-24)25-15-18-6-2-1-3-7-18/h1-3,5-7,9-11,13,17,19,25H,4,8,12,14-16H2. The molecule has 0 saturated carbocycles. The van der Waals surface area contributed by atoms with Crippen LogP contribution >= 0.6 is 0 Å². The predicted octanol–water partition coefficient (Wildman–Crippen LogP) is 3.88. The third-order valence-electron chi connectivity index (χ3n) is 5.73. The number of amides is 1. The summed E-state index contributed by atoms with van der Waals surface area (Å²) in [6.45, 7) is 2.18. The Hall–Kier alpha value is -3.61. The van der Waals surface area contributed by atoms with Gasteiger partial charge in [-0.15, -0.1) is 0 Å². The Morgan fingerprint density at radius 1 is 1.13 bits per heavy atom. The molecule has 158 valence electrons. The van der Waals surface area contributed by atoms with Gasteiger partial charge >= 0.3 is 0 Å². The summed E-state index contributed by atoms with van der Waals surface area (Å²) in [6, 6.07) is 17.9. The molecule has 1 fully saturated rings. The smallest absolute Gasteiger partial charge is 0.230 e. The Morgan fingerprint density at radius 2 is 2.03 bits per heavy atom. The van der Waals surface area contributed by atoms with Crippen LogP contribution in [0.4, 0.5) is 5.69 Å². The topological polar surface area (TPSA) is 75.7 Å². The molecule has 7 heteroatoms. The number of furan rings is 1. The van der Waals surface area contributed by atoms with Gasteiger partial charge in [0.25, 0.3) is 0 Å². The van der Waals surface area contributed by atoms with Crippen molar-refractivity contribution in [3.8, 4) is 0 Å². The van der Waals surface area contributed by atoms with Gasteiger partial charge in [0.05, 0.1) is 24.6 Å². The molecule has 0 bridgehead atoms. The fourth-order valence-corrected chi connectivity index (χ4v) is 4.07. The fourth-order valence-electron chi connectivity index (χ4n) is 4.07. The third-order valence-corrected chi connectivity index (χ3v) is 5.73. The first-order valence-electron chi connectivity index (χ1n) is 10.7. The summed E-state index contributed by atoms with van der Waals surface area (Å²) in [5.41, 5.74) is 3.04. The van der Waals surface area contributed by atoms with E-state index in [-0.39, 0.29) is 11.8 Å². The Morgan fingerprint density at radius 3 is 2.87 bits per heavy atom. The highest BCUT2D eigenvalue weighted by molar-refractivity contribution is 5.78. The van der Waals surface area contributed by atoms with Gasteiger partial charge in [0.1, 0.15) is 5.76 Å². The number of carbonyl (C=O) groups excluding carboxylic acids is 1. The van der Waals surface area contributed by atoms with E-state index < -0.39 is 0 Å². The van der Waals surface area contributed by atoms with E-state index in [2.05, 4.69) is 17.4 Å². The summed E-state index contributed by atoms with van der Waals surface area (Å²) in [4.78, 5) is 19.3. The largest absolute Gasteiger partial charge is 0.469 e. The van der Waals surface area contributed by atoms with Crippen molar-refractivity contribution < 1.29 is 9.21 Å². The van der Waals surface area contributed by atoms with E-state index in [1.165, 1.54) is 5.56 Å². The molecule has 1 N–H and O–H groups in total. The van der Waals surface area contributed by atoms with E-state index in [1.807, 2.05) is 58.1 Å². The summed E-state index contributed by atoms with van der Waals surface area (Å²) in [7, 11) is 0. The second-order valence-electron chi connectivity index (χ2n) is 7.96. The predicted molar refractivity (Wildman–Crippen MR) is 118 cm³/mol. The maximum atomic E-state index is 12.7. The first-order chi connectivity index (χ1) is 15.2. The van der Waals surface area contributed by atoms with Crippen molar-refractivity contribution in [1.29, 1.82) is 0 Å². The summed E-state index contributed by atoms with van der Waals surface area (Å²) < 4.78 is 7.15. The van der Waals surface area contributed by atoms with Crippen LogP contribution in [0.3, 0.4) is 0 Å². The maximum Gasteiger partial charge on any atom is 0.230 e. The molecular formula is C24H25N5O2. The van der Waals surface area contributed by atoms with Gasteiger partial charge in [-0.1, -0.05) is 30.3 Å². The summed E-state index contributed by atoms with van der Waals surface area (Å²) in [5, 5.41) is 8.17. The molecule has 7 nitrogen and oxygen atoms in total. The molecule has 1 aliphatic heterocycles. The number of nitrogens with zero attached hydrogens (tertiary/aromatic N) is 4. The van der Waals surface area contributed by atoms with Crippen LogP contribution < -0.4 is 5.32 Å². The highest BCUT2D eigenvalue weighted by Crippen LogP contribution is 2.26. The van der Waals surface area contributed by atoms with Crippen molar-refractivity contribution >= 4 is 17.2 Å². The molecule has 0 aliphatic carbocycles. The van der Waals surface area contributed by atoms with Gasteiger partial charge in [0.15, 0.2) is 11.5 Å². The Labute approximate surface area is 180 Å². The second-order valence-corrected chi connectivity index (χ2v) is 7.96. The molecule has 4 aromatic rings. The van der Waals surface area contributed by atoms with Gasteiger partial charge in [-0.25, -0.2) is 9.50 Å². The van der Waals surface area contributed by atoms with Gasteiger partial charge in [-0.3, -0.25) is 4.79 Å². The average molecular weight is 415 g/mol. The number of benzene rings is 1. The van der Waals surface area contributed by atoms with Crippen molar-refractivity contribution in [3.05, 3.63) is 84.2 Å². The summed E-state index contributed by atoms with van der Waals surface area (Å²) in [6.07, 6.45) is 5.81. The normalized spacial score (nSPS) is 16.5. The average Bonchev–Trinajstić information content (AvgIpc) is 3.48. The molecular weight excluding hydrogens is 390 g/mol. The summed E-state index contributed by atoms with van der Waals surface area (Å²) in [5.74, 6) is 1.75. The lowest BCUT2D eigenvalue weighted by Gasteiger charge is -2.31. The first-order valence-corrected chi connectivity index (χ1v) is 10.7. The number of hydrogen-bond donors (Lipinski definition) is 1. The van der Waals surface area contributed by atoms with Crippen LogP contribution in [0.1, 0.15) is 35.9 Å². The van der Waals surface area contributed by atoms with Crippen LogP contribution in [0, 0.1) is 0 Å². The van der Waals surface area contributed by atoms with Gasteiger partial charge in [0.2, 0.25) is 5.91 Å². The molecule has 1 atom stereocenters. The van der Waals surface area contributed by atoms with Crippen LogP contribution in [-0.2, 0) is 17.8 Å². The van der Waals surface area contributed by atoms with E-state index in [0.29, 0.717) is 18.7 Å². The molecule has 3 aromatic heterocycles. The van der Waals surface area contributed by atoms with Gasteiger partial charge in [0, 0.05) is 25.6 Å². The Bertz CT molecular complexity index is 1150. The minimum absolute atomic E-state index is 0.0933. The van der Waals surface area contributed by atoms with E-state index in [4.69, 9.17) is 14.5 Å². The number of piperidine rings is 1. The van der Waals surface area contributed by atoms with E-state index in [9.17, 15) is 4.79 Å². The zero-order valence-corrected chi connectivity index (χ0v) is 17.3. The number of carbonyl (C=O) groups is 1. The van der Waals surface area contributed by atoms with Crippen molar-refractivity contribution in [3.63, 3.8) is 0 Å². The highest BCUT2D eigenvalue weighted by Gasteiger charge is 2.27. The molecule has 1 aliphatic rings. The first kappa shape index (κ1) is 19.4. The monoisotopic (exact) mass is 415 g/mol. The van der Waals surface area contributed by atoms with Crippen LogP contribution in [-0.4, -0.2) is 38.5 Å².